The Morgan fingerprint density at radius 1 is 0.963 bits per heavy atom. The second kappa shape index (κ2) is 7.67. The Kier molecular flexibility index (Phi) is 4.75. The Labute approximate surface area is 158 Å². The van der Waals surface area contributed by atoms with Gasteiger partial charge in [0.2, 0.25) is 5.06 Å². The van der Waals surface area contributed by atoms with Gasteiger partial charge in [0.05, 0.1) is 6.20 Å². The van der Waals surface area contributed by atoms with Crippen LogP contribution in [0.2, 0.25) is 0 Å². The second-order valence-electron chi connectivity index (χ2n) is 5.35. The molecule has 2 amide bonds. The highest BCUT2D eigenvalue weighted by atomic mass is 32.1. The van der Waals surface area contributed by atoms with Crippen LogP contribution in [-0.2, 0) is 0 Å². The van der Waals surface area contributed by atoms with Crippen molar-refractivity contribution in [1.82, 2.24) is 14.5 Å². The van der Waals surface area contributed by atoms with E-state index in [4.69, 9.17) is 9.26 Å². The van der Waals surface area contributed by atoms with Crippen LogP contribution in [0.3, 0.4) is 0 Å². The molecule has 0 unspecified atom stereocenters. The van der Waals surface area contributed by atoms with Crippen LogP contribution in [0.15, 0.2) is 71.6 Å². The molecule has 0 aliphatic rings. The molecule has 1 aromatic carbocycles. The summed E-state index contributed by atoms with van der Waals surface area (Å²) in [4.78, 5) is 15.9. The van der Waals surface area contributed by atoms with Gasteiger partial charge in [0.1, 0.15) is 11.4 Å². The fraction of sp³-hybridized carbons (Fsp3) is 0. The number of pyridine rings is 1. The molecule has 0 fully saturated rings. The summed E-state index contributed by atoms with van der Waals surface area (Å²) < 4.78 is 15.1. The monoisotopic (exact) mass is 379 g/mol. The summed E-state index contributed by atoms with van der Waals surface area (Å²) in [5, 5.41) is 9.75. The number of hydrogen-bond acceptors (Lipinski definition) is 7. The van der Waals surface area contributed by atoms with Crippen molar-refractivity contribution in [3.8, 4) is 22.3 Å². The van der Waals surface area contributed by atoms with Gasteiger partial charge in [0.25, 0.3) is 0 Å². The Balaban J connectivity index is 1.35. The van der Waals surface area contributed by atoms with Crippen molar-refractivity contribution >= 4 is 28.9 Å². The number of carbonyl (C=O) groups is 1. The number of urea groups is 1. The average Bonchev–Trinajstić information content (AvgIpc) is 3.36. The number of amides is 2. The lowest BCUT2D eigenvalue weighted by Gasteiger charge is -2.08. The lowest BCUT2D eigenvalue weighted by atomic mass is 10.3. The predicted molar refractivity (Wildman–Crippen MR) is 101 cm³/mol. The summed E-state index contributed by atoms with van der Waals surface area (Å²) >= 11 is 1.21. The number of ether oxygens (including phenoxy) is 1. The van der Waals surface area contributed by atoms with E-state index in [9.17, 15) is 4.79 Å². The number of nitrogens with one attached hydrogen (secondary N) is 2. The van der Waals surface area contributed by atoms with Gasteiger partial charge in [-0.15, -0.1) is 0 Å². The van der Waals surface area contributed by atoms with Gasteiger partial charge in [-0.25, -0.2) is 4.79 Å². The highest BCUT2D eigenvalue weighted by Crippen LogP contribution is 2.31. The first-order valence-corrected chi connectivity index (χ1v) is 8.67. The third-order valence-corrected chi connectivity index (χ3v) is 4.12. The summed E-state index contributed by atoms with van der Waals surface area (Å²) in [6.07, 6.45) is 4.77. The Morgan fingerprint density at radius 2 is 1.70 bits per heavy atom. The first kappa shape index (κ1) is 16.7. The highest BCUT2D eigenvalue weighted by Gasteiger charge is 2.09. The van der Waals surface area contributed by atoms with Crippen LogP contribution in [0, 0.1) is 0 Å². The van der Waals surface area contributed by atoms with Crippen LogP contribution in [-0.4, -0.2) is 20.5 Å². The van der Waals surface area contributed by atoms with E-state index in [0.717, 1.165) is 0 Å². The maximum atomic E-state index is 12.0. The molecule has 8 nitrogen and oxygen atoms in total. The van der Waals surface area contributed by atoms with Gasteiger partial charge in [-0.1, -0.05) is 5.16 Å². The molecule has 27 heavy (non-hydrogen) atoms. The number of rotatable bonds is 5. The van der Waals surface area contributed by atoms with Crippen LogP contribution < -0.4 is 15.4 Å². The van der Waals surface area contributed by atoms with E-state index in [0.29, 0.717) is 33.6 Å². The molecule has 2 N–H and O–H groups in total. The van der Waals surface area contributed by atoms with E-state index in [1.165, 1.54) is 11.5 Å². The third kappa shape index (κ3) is 4.28. The maximum absolute atomic E-state index is 12.0. The molecule has 0 atom stereocenters. The largest absolute Gasteiger partial charge is 0.445 e. The smallest absolute Gasteiger partial charge is 0.323 e. The molecule has 4 aromatic rings. The molecule has 0 aliphatic carbocycles. The molecule has 0 saturated carbocycles. The fourth-order valence-corrected chi connectivity index (χ4v) is 2.85. The van der Waals surface area contributed by atoms with Gasteiger partial charge in [0, 0.05) is 47.4 Å². The zero-order valence-corrected chi connectivity index (χ0v) is 14.6. The average molecular weight is 379 g/mol. The fourth-order valence-electron chi connectivity index (χ4n) is 2.22. The topological polar surface area (TPSA) is 102 Å². The Bertz CT molecular complexity index is 1020. The standard InChI is InChI=1S/C18H13N5O3S/c24-18(22-13-5-8-19-9-6-13)21-12-1-3-14(4-2-12)25-17-11-15(23-27-17)16-7-10-20-26-16/h1-11H,(H2,19,21,22,24). The van der Waals surface area contributed by atoms with E-state index < -0.39 is 0 Å². The normalized spacial score (nSPS) is 10.4. The first-order valence-electron chi connectivity index (χ1n) is 7.90. The summed E-state index contributed by atoms with van der Waals surface area (Å²) in [6.45, 7) is 0. The van der Waals surface area contributed by atoms with Gasteiger partial charge >= 0.3 is 6.03 Å². The Morgan fingerprint density at radius 3 is 2.41 bits per heavy atom. The van der Waals surface area contributed by atoms with Crippen molar-refractivity contribution in [3.05, 3.63) is 67.1 Å². The van der Waals surface area contributed by atoms with E-state index in [-0.39, 0.29) is 6.03 Å². The lowest BCUT2D eigenvalue weighted by Crippen LogP contribution is -2.19. The summed E-state index contributed by atoms with van der Waals surface area (Å²) in [5.41, 5.74) is 1.97. The molecule has 0 radical (unpaired) electrons. The summed E-state index contributed by atoms with van der Waals surface area (Å²) in [6, 6.07) is 13.6. The maximum Gasteiger partial charge on any atom is 0.323 e. The van der Waals surface area contributed by atoms with Crippen LogP contribution in [0.1, 0.15) is 0 Å². The number of anilines is 2. The summed E-state index contributed by atoms with van der Waals surface area (Å²) in [7, 11) is 0. The van der Waals surface area contributed by atoms with Crippen molar-refractivity contribution < 1.29 is 14.1 Å². The number of carbonyl (C=O) groups excluding carboxylic acids is 1. The number of aromatic nitrogens is 3. The molecule has 3 aromatic heterocycles. The quantitative estimate of drug-likeness (QED) is 0.524. The number of hydrogen-bond donors (Lipinski definition) is 2. The molecule has 0 aliphatic heterocycles. The predicted octanol–water partition coefficient (Wildman–Crippen LogP) is 4.63. The SMILES string of the molecule is O=C(Nc1ccncc1)Nc1ccc(Oc2cc(-c3ccno3)ns2)cc1. The molecule has 134 valence electrons. The van der Waals surface area contributed by atoms with E-state index in [1.54, 1.807) is 67.1 Å². The third-order valence-electron chi connectivity index (χ3n) is 3.45. The Hall–Kier alpha value is -3.72. The van der Waals surface area contributed by atoms with Gasteiger partial charge in [-0.3, -0.25) is 4.98 Å². The molecular formula is C18H13N5O3S. The van der Waals surface area contributed by atoms with E-state index >= 15 is 0 Å². The van der Waals surface area contributed by atoms with Crippen LogP contribution in [0.25, 0.3) is 11.5 Å². The van der Waals surface area contributed by atoms with Crippen molar-refractivity contribution in [2.75, 3.05) is 10.6 Å². The highest BCUT2D eigenvalue weighted by molar-refractivity contribution is 7.08. The van der Waals surface area contributed by atoms with Gasteiger partial charge < -0.3 is 19.9 Å². The van der Waals surface area contributed by atoms with Crippen molar-refractivity contribution in [2.24, 2.45) is 0 Å². The minimum Gasteiger partial charge on any atom is -0.445 e. The van der Waals surface area contributed by atoms with Crippen LogP contribution in [0.5, 0.6) is 10.8 Å². The van der Waals surface area contributed by atoms with Crippen molar-refractivity contribution in [3.63, 3.8) is 0 Å². The van der Waals surface area contributed by atoms with E-state index in [1.807, 2.05) is 0 Å². The molecule has 0 spiro atoms. The zero-order chi connectivity index (χ0) is 18.5. The molecule has 4 rings (SSSR count). The van der Waals surface area contributed by atoms with E-state index in [2.05, 4.69) is 25.1 Å². The van der Waals surface area contributed by atoms with Gasteiger partial charge in [0.15, 0.2) is 5.76 Å². The second-order valence-corrected chi connectivity index (χ2v) is 6.12. The molecule has 9 heteroatoms. The summed E-state index contributed by atoms with van der Waals surface area (Å²) in [5.74, 6) is 1.21. The van der Waals surface area contributed by atoms with Crippen LogP contribution >= 0.6 is 11.5 Å². The van der Waals surface area contributed by atoms with Gasteiger partial charge in [-0.2, -0.15) is 4.37 Å². The zero-order valence-electron chi connectivity index (χ0n) is 13.8. The number of benzene rings is 1. The molecular weight excluding hydrogens is 366 g/mol. The molecule has 0 saturated heterocycles. The minimum absolute atomic E-state index is 0.339. The van der Waals surface area contributed by atoms with Gasteiger partial charge in [-0.05, 0) is 36.4 Å². The first-order chi connectivity index (χ1) is 13.3. The van der Waals surface area contributed by atoms with Crippen molar-refractivity contribution in [1.29, 1.82) is 0 Å². The van der Waals surface area contributed by atoms with Crippen molar-refractivity contribution in [2.45, 2.75) is 0 Å². The lowest BCUT2D eigenvalue weighted by molar-refractivity contribution is 0.262. The van der Waals surface area contributed by atoms with Crippen LogP contribution in [0.4, 0.5) is 16.2 Å². The molecule has 3 heterocycles. The minimum atomic E-state index is -0.339. The number of nitrogens with zero attached hydrogens (tertiary/aromatic N) is 3. The molecule has 0 bridgehead atoms.